The van der Waals surface area contributed by atoms with E-state index in [1.54, 1.807) is 0 Å². The molecule has 1 aromatic rings. The molecule has 0 aliphatic carbocycles. The lowest BCUT2D eigenvalue weighted by atomic mass is 10.0. The van der Waals surface area contributed by atoms with E-state index < -0.39 is 0 Å². The first-order chi connectivity index (χ1) is 7.33. The molecule has 0 radical (unpaired) electrons. The monoisotopic (exact) mass is 262 g/mol. The molecule has 0 aliphatic heterocycles. The number of halogens is 1. The Morgan fingerprint density at radius 2 is 2.13 bits per heavy atom. The second kappa shape index (κ2) is 6.41. The lowest BCUT2D eigenvalue weighted by Crippen LogP contribution is -1.88. The Morgan fingerprint density at radius 1 is 1.40 bits per heavy atom. The molecule has 0 atom stereocenters. The zero-order chi connectivity index (χ0) is 11.1. The van der Waals surface area contributed by atoms with Gasteiger partial charge in [0.2, 0.25) is 0 Å². The fraction of sp³-hybridized carbons (Fsp3) is 0.143. The number of hydrogen-bond acceptors (Lipinski definition) is 0. The van der Waals surface area contributed by atoms with Crippen molar-refractivity contribution in [2.75, 3.05) is 0 Å². The molecule has 0 aromatic heterocycles. The number of allylic oxidation sites excluding steroid dienone is 5. The van der Waals surface area contributed by atoms with Crippen LogP contribution in [0.15, 0.2) is 55.1 Å². The summed E-state index contributed by atoms with van der Waals surface area (Å²) in [6.07, 6.45) is 8.01. The van der Waals surface area contributed by atoms with Gasteiger partial charge in [-0.1, -0.05) is 71.1 Å². The van der Waals surface area contributed by atoms with Gasteiger partial charge in [-0.05, 0) is 23.6 Å². The van der Waals surface area contributed by atoms with Crippen molar-refractivity contribution >= 4 is 21.5 Å². The second-order valence-corrected chi connectivity index (χ2v) is 3.70. The predicted molar refractivity (Wildman–Crippen MR) is 72.1 cm³/mol. The van der Waals surface area contributed by atoms with Crippen LogP contribution in [0.5, 0.6) is 0 Å². The Hall–Kier alpha value is -1.08. The summed E-state index contributed by atoms with van der Waals surface area (Å²) in [4.78, 5) is 0. The highest BCUT2D eigenvalue weighted by atomic mass is 79.9. The van der Waals surface area contributed by atoms with Crippen molar-refractivity contribution in [3.8, 4) is 0 Å². The van der Waals surface area contributed by atoms with Gasteiger partial charge in [0.05, 0.1) is 0 Å². The van der Waals surface area contributed by atoms with E-state index in [1.807, 2.05) is 25.2 Å². The molecule has 0 N–H and O–H groups in total. The molecule has 0 heterocycles. The first-order valence-electron chi connectivity index (χ1n) is 4.93. The van der Waals surface area contributed by atoms with Gasteiger partial charge in [0, 0.05) is 5.33 Å². The molecule has 0 unspecified atom stereocenters. The molecule has 0 bridgehead atoms. The van der Waals surface area contributed by atoms with Crippen LogP contribution in [-0.2, 0) is 5.33 Å². The normalized spacial score (nSPS) is 12.0. The van der Waals surface area contributed by atoms with Crippen LogP contribution >= 0.6 is 15.9 Å². The highest BCUT2D eigenvalue weighted by Crippen LogP contribution is 2.22. The molecule has 0 saturated carbocycles. The highest BCUT2D eigenvalue weighted by Gasteiger charge is 2.01. The predicted octanol–water partition coefficient (Wildman–Crippen LogP) is 4.73. The van der Waals surface area contributed by atoms with Crippen LogP contribution in [0.4, 0.5) is 0 Å². The van der Waals surface area contributed by atoms with Crippen LogP contribution in [0, 0.1) is 0 Å². The third kappa shape index (κ3) is 3.21. The lowest BCUT2D eigenvalue weighted by molar-refractivity contribution is 1.40. The van der Waals surface area contributed by atoms with E-state index in [1.165, 1.54) is 11.1 Å². The molecule has 0 spiro atoms. The van der Waals surface area contributed by atoms with Crippen molar-refractivity contribution in [2.45, 2.75) is 12.3 Å². The van der Waals surface area contributed by atoms with Crippen LogP contribution in [-0.4, -0.2) is 0 Å². The van der Waals surface area contributed by atoms with Gasteiger partial charge in [0.15, 0.2) is 0 Å². The van der Waals surface area contributed by atoms with Crippen molar-refractivity contribution < 1.29 is 0 Å². The summed E-state index contributed by atoms with van der Waals surface area (Å²) in [5.41, 5.74) is 3.68. The number of rotatable bonds is 4. The van der Waals surface area contributed by atoms with Crippen LogP contribution < -0.4 is 0 Å². The van der Waals surface area contributed by atoms with E-state index in [9.17, 15) is 0 Å². The standard InChI is InChI=1S/C14H15Br/c1-3-5-8-12(4-2)14-10-7-6-9-13(14)11-15/h3-10H,2,11H2,1H3/b5-3-,12-8+. The zero-order valence-electron chi connectivity index (χ0n) is 8.91. The summed E-state index contributed by atoms with van der Waals surface area (Å²) >= 11 is 3.49. The first kappa shape index (κ1) is 12.0. The zero-order valence-corrected chi connectivity index (χ0v) is 10.5. The van der Waals surface area contributed by atoms with Crippen LogP contribution in [0.3, 0.4) is 0 Å². The Bertz CT molecular complexity index is 386. The van der Waals surface area contributed by atoms with Gasteiger partial charge in [-0.25, -0.2) is 0 Å². The lowest BCUT2D eigenvalue weighted by Gasteiger charge is -2.07. The molecule has 0 amide bonds. The van der Waals surface area contributed by atoms with Crippen LogP contribution in [0.25, 0.3) is 5.57 Å². The van der Waals surface area contributed by atoms with Crippen molar-refractivity contribution in [1.29, 1.82) is 0 Å². The fourth-order valence-corrected chi connectivity index (χ4v) is 1.88. The maximum atomic E-state index is 3.85. The summed E-state index contributed by atoms with van der Waals surface area (Å²) in [5, 5.41) is 0.865. The van der Waals surface area contributed by atoms with E-state index in [0.29, 0.717) is 0 Å². The molecule has 1 rings (SSSR count). The minimum atomic E-state index is 0.865. The minimum absolute atomic E-state index is 0.865. The Labute approximate surface area is 100 Å². The quantitative estimate of drug-likeness (QED) is 0.544. The second-order valence-electron chi connectivity index (χ2n) is 3.14. The summed E-state index contributed by atoms with van der Waals surface area (Å²) in [6.45, 7) is 5.86. The van der Waals surface area contributed by atoms with E-state index in [0.717, 1.165) is 10.9 Å². The third-order valence-electron chi connectivity index (χ3n) is 2.16. The number of benzene rings is 1. The van der Waals surface area contributed by atoms with Crippen LogP contribution in [0.1, 0.15) is 18.1 Å². The van der Waals surface area contributed by atoms with Gasteiger partial charge in [0.1, 0.15) is 0 Å². The van der Waals surface area contributed by atoms with Crippen molar-refractivity contribution in [1.82, 2.24) is 0 Å². The SMILES string of the molecule is C=C/C(=C\C=C/C)c1ccccc1CBr. The average molecular weight is 263 g/mol. The van der Waals surface area contributed by atoms with Crippen LogP contribution in [0.2, 0.25) is 0 Å². The molecular weight excluding hydrogens is 248 g/mol. The van der Waals surface area contributed by atoms with Crippen molar-refractivity contribution in [3.05, 3.63) is 66.3 Å². The van der Waals surface area contributed by atoms with Crippen molar-refractivity contribution in [3.63, 3.8) is 0 Å². The van der Waals surface area contributed by atoms with Gasteiger partial charge in [-0.15, -0.1) is 0 Å². The molecular formula is C14H15Br. The van der Waals surface area contributed by atoms with Gasteiger partial charge < -0.3 is 0 Å². The maximum Gasteiger partial charge on any atom is 0.0289 e. The van der Waals surface area contributed by atoms with Gasteiger partial charge in [-0.3, -0.25) is 0 Å². The Morgan fingerprint density at radius 3 is 2.73 bits per heavy atom. The molecule has 78 valence electrons. The molecule has 0 fully saturated rings. The van der Waals surface area contributed by atoms with E-state index in [4.69, 9.17) is 0 Å². The summed E-state index contributed by atoms with van der Waals surface area (Å²) in [7, 11) is 0. The van der Waals surface area contributed by atoms with E-state index in [-0.39, 0.29) is 0 Å². The fourth-order valence-electron chi connectivity index (χ4n) is 1.39. The average Bonchev–Trinajstić information content (AvgIpc) is 2.30. The van der Waals surface area contributed by atoms with Gasteiger partial charge in [0.25, 0.3) is 0 Å². The van der Waals surface area contributed by atoms with Gasteiger partial charge in [-0.2, -0.15) is 0 Å². The first-order valence-corrected chi connectivity index (χ1v) is 6.05. The summed E-state index contributed by atoms with van der Waals surface area (Å²) in [6, 6.07) is 8.34. The molecule has 0 aliphatic rings. The number of hydrogen-bond donors (Lipinski definition) is 0. The maximum absolute atomic E-state index is 3.85. The van der Waals surface area contributed by atoms with Gasteiger partial charge >= 0.3 is 0 Å². The summed E-state index contributed by atoms with van der Waals surface area (Å²) in [5.74, 6) is 0. The molecule has 1 heteroatoms. The Balaban J connectivity index is 3.17. The highest BCUT2D eigenvalue weighted by molar-refractivity contribution is 9.08. The number of alkyl halides is 1. The third-order valence-corrected chi connectivity index (χ3v) is 2.76. The summed E-state index contributed by atoms with van der Waals surface area (Å²) < 4.78 is 0. The largest absolute Gasteiger partial charge is 0.0984 e. The molecule has 0 saturated heterocycles. The van der Waals surface area contributed by atoms with E-state index >= 15 is 0 Å². The van der Waals surface area contributed by atoms with E-state index in [2.05, 4.69) is 52.9 Å². The molecule has 15 heavy (non-hydrogen) atoms. The van der Waals surface area contributed by atoms with Crippen molar-refractivity contribution in [2.24, 2.45) is 0 Å². The molecule has 1 aromatic carbocycles. The topological polar surface area (TPSA) is 0 Å². The molecule has 0 nitrogen and oxygen atoms in total. The smallest absolute Gasteiger partial charge is 0.0289 e. The minimum Gasteiger partial charge on any atom is -0.0984 e. The Kier molecular flexibility index (Phi) is 5.13.